The van der Waals surface area contributed by atoms with Crippen LogP contribution in [0.15, 0.2) is 60.2 Å². The third kappa shape index (κ3) is 5.47. The van der Waals surface area contributed by atoms with Crippen LogP contribution in [0.2, 0.25) is 0 Å². The summed E-state index contributed by atoms with van der Waals surface area (Å²) >= 11 is 0. The minimum atomic E-state index is -1.72. The third-order valence-electron chi connectivity index (χ3n) is 15.3. The average Bonchev–Trinajstić information content (AvgIpc) is 3.89. The van der Waals surface area contributed by atoms with Crippen molar-refractivity contribution in [1.82, 2.24) is 20.1 Å². The number of carbonyl (C=O) groups excluding carboxylic acids is 3. The quantitative estimate of drug-likeness (QED) is 0.216. The maximum absolute atomic E-state index is 15.3. The average molecular weight is 806 g/mol. The molecule has 0 radical (unpaired) electrons. The standard InChI is InChI=1S/C47H59N5O7/c1-8-30-21-31-24-46(43(55)58-7,39-33(15-19-51(25-30)26-31)32-13-10-11-14-36(32)49-39)35-22-34-37(23-38(35)57-6)50(5)41-45(34)17-20-52-18-12-16-44(9-2,40(45)52)42(59-29(4)54)47(41,56)27-48-28(3)53/h10-14,16,21-23,31,40-42,49,56H,8-9,15,17-20,24-27H2,1-7H3,(H,48,53)/t31-,40?,41+,42+,44+,45+,46-,47?/m0/s1. The van der Waals surface area contributed by atoms with Gasteiger partial charge in [-0.3, -0.25) is 24.2 Å². The largest absolute Gasteiger partial charge is 0.496 e. The van der Waals surface area contributed by atoms with Crippen LogP contribution in [0.1, 0.15) is 75.8 Å². The molecule has 2 aromatic carbocycles. The number of nitrogens with zero attached hydrogens (tertiary/aromatic N) is 3. The van der Waals surface area contributed by atoms with Crippen molar-refractivity contribution in [3.8, 4) is 5.75 Å². The van der Waals surface area contributed by atoms with Gasteiger partial charge in [-0.05, 0) is 67.8 Å². The van der Waals surface area contributed by atoms with Gasteiger partial charge in [0, 0.05) is 97.9 Å². The summed E-state index contributed by atoms with van der Waals surface area (Å²) in [4.78, 5) is 52.1. The highest BCUT2D eigenvalue weighted by atomic mass is 16.6. The van der Waals surface area contributed by atoms with E-state index in [0.29, 0.717) is 31.6 Å². The highest BCUT2D eigenvalue weighted by Gasteiger charge is 2.78. The lowest BCUT2D eigenvalue weighted by molar-refractivity contribution is -0.217. The predicted molar refractivity (Wildman–Crippen MR) is 226 cm³/mol. The monoisotopic (exact) mass is 805 g/mol. The van der Waals surface area contributed by atoms with E-state index in [1.807, 2.05) is 19.2 Å². The van der Waals surface area contributed by atoms with Crippen LogP contribution in [0.5, 0.6) is 5.75 Å². The number of hydrogen-bond donors (Lipinski definition) is 3. The van der Waals surface area contributed by atoms with Crippen LogP contribution in [0, 0.1) is 11.3 Å². The van der Waals surface area contributed by atoms with Gasteiger partial charge in [-0.1, -0.05) is 55.8 Å². The van der Waals surface area contributed by atoms with Crippen LogP contribution in [0.3, 0.4) is 0 Å². The summed E-state index contributed by atoms with van der Waals surface area (Å²) in [5.74, 6) is -0.534. The molecule has 9 atom stereocenters. The number of amides is 1. The summed E-state index contributed by atoms with van der Waals surface area (Å²) in [6, 6.07) is 11.8. The fraction of sp³-hybridized carbons (Fsp3) is 0.553. The Morgan fingerprint density at radius 2 is 1.85 bits per heavy atom. The minimum absolute atomic E-state index is 0.0434. The normalized spacial score (nSPS) is 34.3. The molecule has 1 spiro atoms. The number of methoxy groups -OCH3 is 2. The summed E-state index contributed by atoms with van der Waals surface area (Å²) in [7, 11) is 5.13. The third-order valence-corrected chi connectivity index (χ3v) is 15.3. The molecule has 2 bridgehead atoms. The molecule has 9 rings (SSSR count). The molecule has 6 aliphatic rings. The number of fused-ring (bicyclic) bond motifs is 6. The van der Waals surface area contributed by atoms with Gasteiger partial charge in [-0.15, -0.1) is 0 Å². The van der Waals surface area contributed by atoms with E-state index >= 15 is 4.79 Å². The van der Waals surface area contributed by atoms with E-state index in [9.17, 15) is 14.7 Å². The number of aromatic nitrogens is 1. The number of H-pyrrole nitrogens is 1. The lowest BCUT2D eigenvalue weighted by atomic mass is 9.47. The van der Waals surface area contributed by atoms with Gasteiger partial charge in [0.15, 0.2) is 0 Å². The molecular weight excluding hydrogens is 747 g/mol. The summed E-state index contributed by atoms with van der Waals surface area (Å²) in [5.41, 5.74) is 2.34. The molecular formula is C47H59N5O7. The topological polar surface area (TPSA) is 137 Å². The Kier molecular flexibility index (Phi) is 9.60. The Morgan fingerprint density at radius 1 is 1.05 bits per heavy atom. The molecule has 1 amide bonds. The second kappa shape index (κ2) is 14.2. The van der Waals surface area contributed by atoms with Crippen molar-refractivity contribution in [2.45, 2.75) is 94.4 Å². The lowest BCUT2D eigenvalue weighted by Crippen LogP contribution is -2.81. The maximum atomic E-state index is 15.3. The minimum Gasteiger partial charge on any atom is -0.496 e. The summed E-state index contributed by atoms with van der Waals surface area (Å²) < 4.78 is 18.7. The van der Waals surface area contributed by atoms with E-state index in [4.69, 9.17) is 14.2 Å². The Bertz CT molecular complexity index is 2280. The van der Waals surface area contributed by atoms with Gasteiger partial charge in [-0.2, -0.15) is 0 Å². The Labute approximate surface area is 346 Å². The molecule has 3 aromatic rings. The van der Waals surface area contributed by atoms with Crippen molar-refractivity contribution in [2.24, 2.45) is 11.3 Å². The molecule has 6 heterocycles. The molecule has 5 aliphatic heterocycles. The van der Waals surface area contributed by atoms with Gasteiger partial charge in [-0.25, -0.2) is 0 Å². The zero-order chi connectivity index (χ0) is 41.6. The van der Waals surface area contributed by atoms with Crippen molar-refractivity contribution >= 4 is 34.4 Å². The van der Waals surface area contributed by atoms with Crippen LogP contribution in [-0.2, 0) is 41.1 Å². The summed E-state index contributed by atoms with van der Waals surface area (Å²) in [6.07, 6.45) is 9.15. The molecule has 1 aromatic heterocycles. The van der Waals surface area contributed by atoms with E-state index in [1.54, 1.807) is 7.11 Å². The molecule has 314 valence electrons. The first kappa shape index (κ1) is 39.8. The number of likely N-dealkylation sites (N-methyl/N-ethyl adjacent to an activating group) is 1. The van der Waals surface area contributed by atoms with Gasteiger partial charge in [0.25, 0.3) is 0 Å². The molecule has 2 fully saturated rings. The fourth-order valence-corrected chi connectivity index (χ4v) is 13.3. The summed E-state index contributed by atoms with van der Waals surface area (Å²) in [5, 5.41) is 17.6. The van der Waals surface area contributed by atoms with Crippen molar-refractivity contribution in [3.63, 3.8) is 0 Å². The number of ether oxygens (including phenoxy) is 3. The second-order valence-electron chi connectivity index (χ2n) is 18.1. The molecule has 1 saturated heterocycles. The molecule has 12 heteroatoms. The van der Waals surface area contributed by atoms with Crippen LogP contribution in [-0.4, -0.2) is 122 Å². The number of aliphatic hydroxyl groups is 1. The summed E-state index contributed by atoms with van der Waals surface area (Å²) in [6.45, 7) is 11.1. The Morgan fingerprint density at radius 3 is 2.56 bits per heavy atom. The van der Waals surface area contributed by atoms with Crippen LogP contribution in [0.25, 0.3) is 10.9 Å². The second-order valence-corrected chi connectivity index (χ2v) is 18.1. The van der Waals surface area contributed by atoms with Gasteiger partial charge in [0.1, 0.15) is 22.9 Å². The molecule has 3 unspecified atom stereocenters. The number of hydrogen-bond acceptors (Lipinski definition) is 10. The van der Waals surface area contributed by atoms with Gasteiger partial charge >= 0.3 is 11.9 Å². The van der Waals surface area contributed by atoms with Crippen molar-refractivity contribution in [1.29, 1.82) is 0 Å². The molecule has 1 aliphatic carbocycles. The number of aromatic amines is 1. The smallest absolute Gasteiger partial charge is 0.322 e. The highest BCUT2D eigenvalue weighted by molar-refractivity contribution is 5.94. The van der Waals surface area contributed by atoms with Crippen LogP contribution >= 0.6 is 0 Å². The van der Waals surface area contributed by atoms with Gasteiger partial charge < -0.3 is 34.5 Å². The molecule has 59 heavy (non-hydrogen) atoms. The lowest BCUT2D eigenvalue weighted by Gasteiger charge is -2.64. The zero-order valence-corrected chi connectivity index (χ0v) is 35.5. The number of carbonyl (C=O) groups is 3. The predicted octanol–water partition coefficient (Wildman–Crippen LogP) is 4.76. The first-order chi connectivity index (χ1) is 28.3. The zero-order valence-electron chi connectivity index (χ0n) is 35.5. The maximum Gasteiger partial charge on any atom is 0.322 e. The van der Waals surface area contributed by atoms with Crippen LogP contribution in [0.4, 0.5) is 5.69 Å². The number of anilines is 1. The SMILES string of the molecule is CCC1=C[C@@H]2CN(CCc3c([nH]c4ccccc34)[C@@](C(=O)OC)(c3cc4c(cc3OC)N(C)[C@H]3C(O)(CNC(C)=O)[C@H](OC(C)=O)[C@]5(CC)C=CCN6CC[C@]43C65)C2)C1. The van der Waals surface area contributed by atoms with Crippen molar-refractivity contribution < 1.29 is 33.7 Å². The molecule has 1 saturated carbocycles. The van der Waals surface area contributed by atoms with Crippen molar-refractivity contribution in [3.05, 3.63) is 82.6 Å². The molecule has 3 N–H and O–H groups in total. The first-order valence-corrected chi connectivity index (χ1v) is 21.4. The van der Waals surface area contributed by atoms with Gasteiger partial charge in [0.2, 0.25) is 5.91 Å². The van der Waals surface area contributed by atoms with Crippen molar-refractivity contribution in [2.75, 3.05) is 65.4 Å². The fourth-order valence-electron chi connectivity index (χ4n) is 13.3. The number of benzene rings is 2. The van der Waals surface area contributed by atoms with E-state index in [0.717, 1.165) is 78.0 Å². The first-order valence-electron chi connectivity index (χ1n) is 21.4. The Hall–Kier alpha value is -4.65. The highest BCUT2D eigenvalue weighted by Crippen LogP contribution is 2.68. The van der Waals surface area contributed by atoms with Gasteiger partial charge in [0.05, 0.1) is 26.8 Å². The number of nitrogens with one attached hydrogen (secondary N) is 2. The number of esters is 2. The van der Waals surface area contributed by atoms with E-state index in [1.165, 1.54) is 26.5 Å². The molecule has 12 nitrogen and oxygen atoms in total. The van der Waals surface area contributed by atoms with E-state index in [2.05, 4.69) is 81.3 Å². The number of rotatable bonds is 8. The van der Waals surface area contributed by atoms with E-state index in [-0.39, 0.29) is 30.4 Å². The number of para-hydroxylation sites is 1. The van der Waals surface area contributed by atoms with Crippen LogP contribution < -0.4 is 15.0 Å². The van der Waals surface area contributed by atoms with E-state index < -0.39 is 40.0 Å². The Balaban J connectivity index is 1.36.